The molecule has 0 amide bonds. The van der Waals surface area contributed by atoms with Gasteiger partial charge in [-0.05, 0) is 119 Å². The number of nitrogens with two attached hydrogens (primary N) is 2. The van der Waals surface area contributed by atoms with Gasteiger partial charge in [0.05, 0.1) is 6.04 Å². The van der Waals surface area contributed by atoms with Crippen LogP contribution >= 0.6 is 0 Å². The SMILES string of the molecule is C#CN.C/C=C\C1C(C)=CC=CC1C.C=CNCCc1cc2c(c(C)n1)CCC2C.CC.CC1CC1.CCc1cc(C)cc(C=NC2CC2)c1N. The number of allylic oxidation sites excluding steroid dienone is 6. The molecule has 2 aromatic rings. The molecule has 6 rings (SSSR count). The van der Waals surface area contributed by atoms with Gasteiger partial charge in [-0.25, -0.2) is 0 Å². The van der Waals surface area contributed by atoms with Crippen LogP contribution in [0.15, 0.2) is 71.9 Å². The highest BCUT2D eigenvalue weighted by Gasteiger charge is 2.22. The van der Waals surface area contributed by atoms with Crippen LogP contribution < -0.4 is 16.8 Å². The lowest BCUT2D eigenvalue weighted by Crippen LogP contribution is -2.11. The zero-order valence-electron chi connectivity index (χ0n) is 33.9. The summed E-state index contributed by atoms with van der Waals surface area (Å²) in [7, 11) is 0. The van der Waals surface area contributed by atoms with E-state index in [1.54, 1.807) is 12.2 Å². The van der Waals surface area contributed by atoms with Crippen molar-refractivity contribution in [3.05, 3.63) is 106 Å². The van der Waals surface area contributed by atoms with Crippen molar-refractivity contribution in [3.63, 3.8) is 0 Å². The van der Waals surface area contributed by atoms with E-state index in [2.05, 4.69) is 138 Å². The van der Waals surface area contributed by atoms with E-state index in [9.17, 15) is 0 Å². The Morgan fingerprint density at radius 2 is 1.71 bits per heavy atom. The summed E-state index contributed by atoms with van der Waals surface area (Å²) in [4.78, 5) is 9.16. The van der Waals surface area contributed by atoms with Gasteiger partial charge in [0.25, 0.3) is 0 Å². The number of benzene rings is 1. The van der Waals surface area contributed by atoms with Crippen LogP contribution in [0.25, 0.3) is 0 Å². The quantitative estimate of drug-likeness (QED) is 0.0641. The summed E-state index contributed by atoms with van der Waals surface area (Å²) >= 11 is 0. The number of pyridine rings is 1. The minimum absolute atomic E-state index is 0.565. The molecule has 2 fully saturated rings. The molecule has 3 atom stereocenters. The van der Waals surface area contributed by atoms with Gasteiger partial charge in [-0.2, -0.15) is 0 Å². The van der Waals surface area contributed by atoms with Crippen LogP contribution in [0.1, 0.15) is 133 Å². The summed E-state index contributed by atoms with van der Waals surface area (Å²) < 4.78 is 0. The molecule has 3 unspecified atom stereocenters. The topological polar surface area (TPSA) is 89.3 Å². The second-order valence-corrected chi connectivity index (χ2v) is 14.0. The number of terminal acetylenes is 1. The number of anilines is 1. The average molecular weight is 694 g/mol. The van der Waals surface area contributed by atoms with Gasteiger partial charge in [-0.3, -0.25) is 9.98 Å². The van der Waals surface area contributed by atoms with Crippen molar-refractivity contribution in [2.45, 2.75) is 133 Å². The lowest BCUT2D eigenvalue weighted by molar-refractivity contribution is 0.574. The van der Waals surface area contributed by atoms with Crippen molar-refractivity contribution in [2.24, 2.45) is 28.5 Å². The van der Waals surface area contributed by atoms with Gasteiger partial charge in [0.15, 0.2) is 0 Å². The van der Waals surface area contributed by atoms with E-state index < -0.39 is 0 Å². The Morgan fingerprint density at radius 1 is 1.06 bits per heavy atom. The zero-order chi connectivity index (χ0) is 38.3. The maximum absolute atomic E-state index is 6.08. The lowest BCUT2D eigenvalue weighted by atomic mass is 9.84. The number of hydrogen-bond donors (Lipinski definition) is 3. The molecule has 4 aliphatic carbocycles. The lowest BCUT2D eigenvalue weighted by Gasteiger charge is -2.21. The van der Waals surface area contributed by atoms with Crippen LogP contribution in [0, 0.1) is 44.1 Å². The molecular formula is C46H71N5. The standard InChI is InChI=1S/C14H20N2.C13H18N2.C11H16.C4H8.C2H3N.C2H6/c1-4-15-8-7-12-9-14-10(2)5-6-13(14)11(3)16-12;1-3-10-6-9(2)7-11(13(10)14)8-15-12-4-5-12;1-4-6-11-9(2)7-5-8-10(11)3;1-4-2-3-4;1-2-3;1-2/h4,9-10,15H,1,5-8H2,2-3H3;6-8,12H,3-5,14H2,1-2H3;4-9,11H,1-3H3;4H,2-3H2,1H3;1H,3H2;1-2H3/b;;6-4-;;;. The van der Waals surface area contributed by atoms with Gasteiger partial charge in [-0.15, -0.1) is 0 Å². The smallest absolute Gasteiger partial charge is 0.0501 e. The van der Waals surface area contributed by atoms with Crippen LogP contribution in [0.3, 0.4) is 0 Å². The number of aromatic nitrogens is 1. The second-order valence-electron chi connectivity index (χ2n) is 14.0. The molecule has 51 heavy (non-hydrogen) atoms. The summed E-state index contributed by atoms with van der Waals surface area (Å²) in [6, 6.07) is 8.88. The Labute approximate surface area is 313 Å². The van der Waals surface area contributed by atoms with Gasteiger partial charge >= 0.3 is 0 Å². The minimum atomic E-state index is 0.565. The van der Waals surface area contributed by atoms with E-state index in [-0.39, 0.29) is 0 Å². The Hall–Kier alpha value is -4.04. The van der Waals surface area contributed by atoms with Crippen molar-refractivity contribution in [1.29, 1.82) is 0 Å². The molecule has 5 heteroatoms. The van der Waals surface area contributed by atoms with Gasteiger partial charge < -0.3 is 16.8 Å². The number of fused-ring (bicyclic) bond motifs is 1. The van der Waals surface area contributed by atoms with Crippen molar-refractivity contribution < 1.29 is 0 Å². The molecule has 1 heterocycles. The second kappa shape index (κ2) is 25.0. The van der Waals surface area contributed by atoms with Gasteiger partial charge in [0, 0.05) is 47.7 Å². The molecule has 1 aromatic heterocycles. The van der Waals surface area contributed by atoms with E-state index in [1.807, 2.05) is 20.1 Å². The number of nitrogens with one attached hydrogen (secondary N) is 1. The minimum Gasteiger partial charge on any atom is -0.398 e. The number of rotatable bonds is 8. The highest BCUT2D eigenvalue weighted by Crippen LogP contribution is 2.34. The van der Waals surface area contributed by atoms with E-state index in [1.165, 1.54) is 77.7 Å². The molecule has 0 spiro atoms. The van der Waals surface area contributed by atoms with Crippen molar-refractivity contribution in [2.75, 3.05) is 12.3 Å². The number of nitrogen functional groups attached to an aromatic ring is 1. The third-order valence-electron chi connectivity index (χ3n) is 9.37. The summed E-state index contributed by atoms with van der Waals surface area (Å²) in [5.41, 5.74) is 21.9. The maximum Gasteiger partial charge on any atom is 0.0501 e. The van der Waals surface area contributed by atoms with E-state index in [0.717, 1.165) is 36.6 Å². The number of nitrogens with zero attached hydrogens (tertiary/aromatic N) is 2. The first kappa shape index (κ1) is 45.0. The highest BCUT2D eigenvalue weighted by atomic mass is 14.8. The molecule has 5 nitrogen and oxygen atoms in total. The average Bonchev–Trinajstić information content (AvgIpc) is 4.06. The first-order valence-electron chi connectivity index (χ1n) is 19.4. The molecule has 0 aliphatic heterocycles. The Kier molecular flexibility index (Phi) is 22.0. The Morgan fingerprint density at radius 3 is 2.24 bits per heavy atom. The van der Waals surface area contributed by atoms with Gasteiger partial charge in [0.1, 0.15) is 0 Å². The molecule has 0 saturated heterocycles. The Bertz CT molecular complexity index is 1480. The van der Waals surface area contributed by atoms with Crippen LogP contribution in [0.2, 0.25) is 0 Å². The van der Waals surface area contributed by atoms with Crippen molar-refractivity contribution in [3.8, 4) is 12.5 Å². The van der Waals surface area contributed by atoms with Crippen LogP contribution in [-0.4, -0.2) is 23.8 Å². The fourth-order valence-electron chi connectivity index (χ4n) is 5.94. The maximum atomic E-state index is 6.08. The van der Waals surface area contributed by atoms with Crippen molar-refractivity contribution in [1.82, 2.24) is 10.3 Å². The number of aryl methyl sites for hydroxylation is 3. The fraction of sp³-hybridized carbons (Fsp3) is 0.522. The first-order valence-corrected chi connectivity index (χ1v) is 19.4. The first-order chi connectivity index (χ1) is 24.5. The summed E-state index contributed by atoms with van der Waals surface area (Å²) in [5, 5.41) is 3.12. The van der Waals surface area contributed by atoms with Gasteiger partial charge in [-0.1, -0.05) is 115 Å². The normalized spacial score (nSPS) is 19.5. The number of hydrogen-bond acceptors (Lipinski definition) is 5. The van der Waals surface area contributed by atoms with Crippen LogP contribution in [0.4, 0.5) is 5.69 Å². The molecule has 0 radical (unpaired) electrons. The van der Waals surface area contributed by atoms with Crippen LogP contribution in [-0.2, 0) is 19.3 Å². The molecule has 280 valence electrons. The summed E-state index contributed by atoms with van der Waals surface area (Å²) in [6.45, 7) is 26.1. The van der Waals surface area contributed by atoms with E-state index >= 15 is 0 Å². The summed E-state index contributed by atoms with van der Waals surface area (Å²) in [6.07, 6.45) is 29.0. The zero-order valence-corrected chi connectivity index (χ0v) is 33.9. The molecule has 5 N–H and O–H groups in total. The van der Waals surface area contributed by atoms with E-state index in [0.29, 0.717) is 23.8 Å². The fourth-order valence-corrected chi connectivity index (χ4v) is 5.94. The van der Waals surface area contributed by atoms with E-state index in [4.69, 9.17) is 5.73 Å². The van der Waals surface area contributed by atoms with Gasteiger partial charge in [0.2, 0.25) is 0 Å². The Balaban J connectivity index is 0.000000345. The third-order valence-corrected chi connectivity index (χ3v) is 9.37. The van der Waals surface area contributed by atoms with Crippen molar-refractivity contribution >= 4 is 11.9 Å². The predicted octanol–water partition coefficient (Wildman–Crippen LogP) is 10.7. The third kappa shape index (κ3) is 17.2. The molecule has 1 aromatic carbocycles. The summed E-state index contributed by atoms with van der Waals surface area (Å²) in [5.74, 6) is 3.09. The number of aliphatic imine (C=N–C) groups is 1. The molecule has 0 bridgehead atoms. The predicted molar refractivity (Wildman–Crippen MR) is 226 cm³/mol. The molecule has 4 aliphatic rings. The highest BCUT2D eigenvalue weighted by molar-refractivity contribution is 5.88. The monoisotopic (exact) mass is 694 g/mol. The molecular weight excluding hydrogens is 623 g/mol. The largest absolute Gasteiger partial charge is 0.398 e. The van der Waals surface area contributed by atoms with Crippen LogP contribution in [0.5, 0.6) is 0 Å². The molecule has 2 saturated carbocycles.